The molecule has 1 aliphatic rings. The van der Waals surface area contributed by atoms with Gasteiger partial charge in [-0.15, -0.1) is 0 Å². The van der Waals surface area contributed by atoms with Gasteiger partial charge < -0.3 is 20.3 Å². The van der Waals surface area contributed by atoms with Crippen molar-refractivity contribution >= 4 is 17.9 Å². The van der Waals surface area contributed by atoms with Gasteiger partial charge in [-0.3, -0.25) is 9.59 Å². The molecule has 26 heavy (non-hydrogen) atoms. The van der Waals surface area contributed by atoms with Gasteiger partial charge in [-0.25, -0.2) is 4.79 Å². The minimum Gasteiger partial charge on any atom is -0.449 e. The van der Waals surface area contributed by atoms with Gasteiger partial charge in [0.25, 0.3) is 5.91 Å². The van der Waals surface area contributed by atoms with Gasteiger partial charge in [-0.2, -0.15) is 0 Å². The lowest BCUT2D eigenvalue weighted by atomic mass is 10.1. The Morgan fingerprint density at radius 1 is 1.15 bits per heavy atom. The Morgan fingerprint density at radius 2 is 1.81 bits per heavy atom. The minimum absolute atomic E-state index is 0.0117. The van der Waals surface area contributed by atoms with E-state index in [0.29, 0.717) is 44.0 Å². The number of alkyl carbamates (subject to hydrolysis) is 1. The molecule has 0 saturated carbocycles. The van der Waals surface area contributed by atoms with Crippen molar-refractivity contribution in [3.63, 3.8) is 0 Å². The van der Waals surface area contributed by atoms with E-state index in [4.69, 9.17) is 4.74 Å². The summed E-state index contributed by atoms with van der Waals surface area (Å²) >= 11 is 0. The molecule has 0 bridgehead atoms. The molecule has 0 aromatic heterocycles. The van der Waals surface area contributed by atoms with Gasteiger partial charge in [0.1, 0.15) is 0 Å². The minimum atomic E-state index is -0.404. The van der Waals surface area contributed by atoms with Crippen molar-refractivity contribution in [1.82, 2.24) is 15.5 Å². The van der Waals surface area contributed by atoms with Crippen LogP contribution in [0.2, 0.25) is 0 Å². The molecular formula is C19H27N3O4. The molecule has 0 radical (unpaired) electrons. The first-order chi connectivity index (χ1) is 12.5. The van der Waals surface area contributed by atoms with Crippen LogP contribution in [-0.2, 0) is 9.53 Å². The molecule has 1 heterocycles. The zero-order valence-corrected chi connectivity index (χ0v) is 15.4. The van der Waals surface area contributed by atoms with Crippen LogP contribution < -0.4 is 10.6 Å². The van der Waals surface area contributed by atoms with Crippen LogP contribution in [0.4, 0.5) is 4.79 Å². The molecule has 1 aromatic rings. The SMILES string of the molecule is CC(C)COC(=O)NC1CCN(C(=O)CNC(=O)c2ccccc2)CC1. The number of hydrogen-bond donors (Lipinski definition) is 2. The average Bonchev–Trinajstić information content (AvgIpc) is 2.65. The fourth-order valence-electron chi connectivity index (χ4n) is 2.68. The standard InChI is InChI=1S/C19H27N3O4/c1-14(2)13-26-19(25)21-16-8-10-22(11-9-16)17(23)12-20-18(24)15-6-4-3-5-7-15/h3-7,14,16H,8-13H2,1-2H3,(H,20,24)(H,21,25). The van der Waals surface area contributed by atoms with Gasteiger partial charge >= 0.3 is 6.09 Å². The van der Waals surface area contributed by atoms with Crippen molar-refractivity contribution in [3.05, 3.63) is 35.9 Å². The van der Waals surface area contributed by atoms with Crippen molar-refractivity contribution in [2.45, 2.75) is 32.7 Å². The van der Waals surface area contributed by atoms with E-state index >= 15 is 0 Å². The topological polar surface area (TPSA) is 87.7 Å². The number of ether oxygens (including phenoxy) is 1. The number of amides is 3. The maximum Gasteiger partial charge on any atom is 0.407 e. The number of nitrogens with one attached hydrogen (secondary N) is 2. The van der Waals surface area contributed by atoms with E-state index in [2.05, 4.69) is 10.6 Å². The van der Waals surface area contributed by atoms with Gasteiger partial charge in [0, 0.05) is 24.7 Å². The molecule has 0 unspecified atom stereocenters. The number of hydrogen-bond acceptors (Lipinski definition) is 4. The summed E-state index contributed by atoms with van der Waals surface area (Å²) in [4.78, 5) is 37.6. The molecule has 7 nitrogen and oxygen atoms in total. The molecule has 1 fully saturated rings. The summed E-state index contributed by atoms with van der Waals surface area (Å²) in [7, 11) is 0. The summed E-state index contributed by atoms with van der Waals surface area (Å²) in [5.41, 5.74) is 0.531. The highest BCUT2D eigenvalue weighted by Crippen LogP contribution is 2.11. The Labute approximate surface area is 154 Å². The zero-order chi connectivity index (χ0) is 18.9. The molecule has 7 heteroatoms. The Hall–Kier alpha value is -2.57. The molecule has 0 spiro atoms. The van der Waals surface area contributed by atoms with E-state index in [1.807, 2.05) is 19.9 Å². The first kappa shape index (κ1) is 19.8. The molecule has 0 aliphatic carbocycles. The maximum absolute atomic E-state index is 12.2. The lowest BCUT2D eigenvalue weighted by molar-refractivity contribution is -0.131. The highest BCUT2D eigenvalue weighted by Gasteiger charge is 2.24. The van der Waals surface area contributed by atoms with Crippen molar-refractivity contribution in [1.29, 1.82) is 0 Å². The predicted molar refractivity (Wildman–Crippen MR) is 97.7 cm³/mol. The van der Waals surface area contributed by atoms with Crippen molar-refractivity contribution in [2.75, 3.05) is 26.2 Å². The molecule has 1 aliphatic heterocycles. The van der Waals surface area contributed by atoms with Crippen LogP contribution in [0.25, 0.3) is 0 Å². The number of rotatable bonds is 6. The van der Waals surface area contributed by atoms with E-state index in [0.717, 1.165) is 0 Å². The molecular weight excluding hydrogens is 334 g/mol. The molecule has 0 atom stereocenters. The first-order valence-corrected chi connectivity index (χ1v) is 9.00. The monoisotopic (exact) mass is 361 g/mol. The van der Waals surface area contributed by atoms with E-state index in [9.17, 15) is 14.4 Å². The number of piperidine rings is 1. The van der Waals surface area contributed by atoms with E-state index in [-0.39, 0.29) is 24.4 Å². The number of nitrogens with zero attached hydrogens (tertiary/aromatic N) is 1. The predicted octanol–water partition coefficient (Wildman–Crippen LogP) is 1.79. The van der Waals surface area contributed by atoms with Crippen LogP contribution in [-0.4, -0.2) is 55.1 Å². The van der Waals surface area contributed by atoms with Gasteiger partial charge in [-0.05, 0) is 30.9 Å². The number of carbonyl (C=O) groups excluding carboxylic acids is 3. The summed E-state index contributed by atoms with van der Waals surface area (Å²) in [6.07, 6.45) is 0.947. The summed E-state index contributed by atoms with van der Waals surface area (Å²) < 4.78 is 5.11. The number of carbonyl (C=O) groups is 3. The van der Waals surface area contributed by atoms with Gasteiger partial charge in [0.15, 0.2) is 0 Å². The van der Waals surface area contributed by atoms with Crippen LogP contribution in [0.5, 0.6) is 0 Å². The second-order valence-electron chi connectivity index (χ2n) is 6.84. The summed E-state index contributed by atoms with van der Waals surface area (Å²) in [6, 6.07) is 8.81. The van der Waals surface area contributed by atoms with E-state index < -0.39 is 6.09 Å². The smallest absolute Gasteiger partial charge is 0.407 e. The van der Waals surface area contributed by atoms with Crippen molar-refractivity contribution in [3.8, 4) is 0 Å². The average molecular weight is 361 g/mol. The van der Waals surface area contributed by atoms with Crippen LogP contribution in [0.1, 0.15) is 37.0 Å². The molecule has 2 N–H and O–H groups in total. The molecule has 1 saturated heterocycles. The molecule has 142 valence electrons. The lowest BCUT2D eigenvalue weighted by Crippen LogP contribution is -2.49. The molecule has 2 rings (SSSR count). The van der Waals surface area contributed by atoms with Crippen LogP contribution >= 0.6 is 0 Å². The van der Waals surface area contributed by atoms with Crippen molar-refractivity contribution in [2.24, 2.45) is 5.92 Å². The summed E-state index contributed by atoms with van der Waals surface area (Å²) in [5.74, 6) is -0.0789. The van der Waals surface area contributed by atoms with E-state index in [1.54, 1.807) is 29.2 Å². The third kappa shape index (κ3) is 6.38. The molecule has 1 aromatic carbocycles. The van der Waals surface area contributed by atoms with E-state index in [1.165, 1.54) is 0 Å². The highest BCUT2D eigenvalue weighted by atomic mass is 16.5. The fraction of sp³-hybridized carbons (Fsp3) is 0.526. The Bertz CT molecular complexity index is 610. The maximum atomic E-state index is 12.2. The summed E-state index contributed by atoms with van der Waals surface area (Å²) in [6.45, 7) is 5.43. The van der Waals surface area contributed by atoms with Gasteiger partial charge in [0.05, 0.1) is 13.2 Å². The second-order valence-corrected chi connectivity index (χ2v) is 6.84. The Balaban J connectivity index is 1.68. The highest BCUT2D eigenvalue weighted by molar-refractivity contribution is 5.96. The Kier molecular flexibility index (Phi) is 7.44. The third-order valence-corrected chi connectivity index (χ3v) is 4.15. The van der Waals surface area contributed by atoms with Crippen LogP contribution in [0.3, 0.4) is 0 Å². The first-order valence-electron chi connectivity index (χ1n) is 9.00. The lowest BCUT2D eigenvalue weighted by Gasteiger charge is -2.32. The van der Waals surface area contributed by atoms with Gasteiger partial charge in [-0.1, -0.05) is 32.0 Å². The van der Waals surface area contributed by atoms with Crippen molar-refractivity contribution < 1.29 is 19.1 Å². The zero-order valence-electron chi connectivity index (χ0n) is 15.4. The third-order valence-electron chi connectivity index (χ3n) is 4.15. The largest absolute Gasteiger partial charge is 0.449 e. The number of likely N-dealkylation sites (tertiary alicyclic amines) is 1. The van der Waals surface area contributed by atoms with Gasteiger partial charge in [0.2, 0.25) is 5.91 Å². The Morgan fingerprint density at radius 3 is 2.42 bits per heavy atom. The van der Waals surface area contributed by atoms with Crippen LogP contribution in [0.15, 0.2) is 30.3 Å². The summed E-state index contributed by atoms with van der Waals surface area (Å²) in [5, 5.41) is 5.48. The van der Waals surface area contributed by atoms with Crippen LogP contribution in [0, 0.1) is 5.92 Å². The fourth-order valence-corrected chi connectivity index (χ4v) is 2.68. The second kappa shape index (κ2) is 9.79. The quantitative estimate of drug-likeness (QED) is 0.809. The molecule has 3 amide bonds. The normalized spacial score (nSPS) is 14.8. The number of benzene rings is 1.